The third kappa shape index (κ3) is 14.7. The van der Waals surface area contributed by atoms with Crippen LogP contribution in [0.25, 0.3) is 0 Å². The highest BCUT2D eigenvalue weighted by Gasteiger charge is 2.28. The molecule has 0 aliphatic heterocycles. The summed E-state index contributed by atoms with van der Waals surface area (Å²) in [6, 6.07) is 11.9. The van der Waals surface area contributed by atoms with Crippen molar-refractivity contribution in [2.75, 3.05) is 13.2 Å². The van der Waals surface area contributed by atoms with E-state index in [-0.39, 0.29) is 11.6 Å². The molecule has 0 bridgehead atoms. The van der Waals surface area contributed by atoms with Gasteiger partial charge >= 0.3 is 0 Å². The zero-order chi connectivity index (χ0) is 39.7. The normalized spacial score (nSPS) is 28.4. The molecule has 0 spiro atoms. The molecule has 0 unspecified atom stereocenters. The standard InChI is InChI=1S/C54H84F2O/c1-3-5-7-9-41-11-15-43(16-12-41)19-21-45-23-27-47(28-24-45)51-33-31-49(53(55)39-51)35-37-57-38-36-50-32-34-52(40-54(50)56)48-29-25-46(26-30-48)22-20-44-17-13-42(14-18-44)10-8-6-4-2/h31-34,39-48H,3-30,35-38H2,1-2H3. The van der Waals surface area contributed by atoms with E-state index >= 15 is 8.78 Å². The van der Waals surface area contributed by atoms with E-state index in [4.69, 9.17) is 4.74 Å². The molecule has 2 aromatic rings. The molecule has 4 fully saturated rings. The first-order valence-corrected chi connectivity index (χ1v) is 25.1. The average Bonchev–Trinajstić information content (AvgIpc) is 3.24. The van der Waals surface area contributed by atoms with Gasteiger partial charge in [0.1, 0.15) is 11.6 Å². The summed E-state index contributed by atoms with van der Waals surface area (Å²) in [4.78, 5) is 0. The van der Waals surface area contributed by atoms with Gasteiger partial charge in [-0.3, -0.25) is 0 Å². The van der Waals surface area contributed by atoms with Crippen LogP contribution in [0.3, 0.4) is 0 Å². The van der Waals surface area contributed by atoms with E-state index in [0.717, 1.165) is 46.6 Å². The van der Waals surface area contributed by atoms with Crippen molar-refractivity contribution in [3.63, 3.8) is 0 Å². The minimum absolute atomic E-state index is 0.0883. The molecule has 2 aromatic carbocycles. The summed E-state index contributed by atoms with van der Waals surface area (Å²) in [7, 11) is 0. The van der Waals surface area contributed by atoms with Gasteiger partial charge in [0.15, 0.2) is 0 Å². The summed E-state index contributed by atoms with van der Waals surface area (Å²) in [5.74, 6) is 6.52. The van der Waals surface area contributed by atoms with Crippen molar-refractivity contribution in [3.05, 3.63) is 70.3 Å². The molecule has 0 N–H and O–H groups in total. The van der Waals surface area contributed by atoms with Crippen molar-refractivity contribution in [3.8, 4) is 0 Å². The lowest BCUT2D eigenvalue weighted by molar-refractivity contribution is 0.139. The molecule has 4 saturated carbocycles. The van der Waals surface area contributed by atoms with Crippen molar-refractivity contribution in [2.45, 2.75) is 218 Å². The fourth-order valence-corrected chi connectivity index (χ4v) is 12.0. The van der Waals surface area contributed by atoms with E-state index < -0.39 is 0 Å². The van der Waals surface area contributed by atoms with E-state index in [2.05, 4.69) is 26.0 Å². The lowest BCUT2D eigenvalue weighted by Crippen LogP contribution is -2.18. The fraction of sp³-hybridized carbons (Fsp3) is 0.778. The maximum atomic E-state index is 15.2. The Bertz CT molecular complexity index is 1280. The van der Waals surface area contributed by atoms with Crippen LogP contribution in [-0.4, -0.2) is 13.2 Å². The first kappa shape index (κ1) is 44.8. The summed E-state index contributed by atoms with van der Waals surface area (Å²) in [5, 5.41) is 0. The maximum absolute atomic E-state index is 15.2. The number of rotatable bonds is 22. The van der Waals surface area contributed by atoms with E-state index in [0.29, 0.717) is 37.9 Å². The molecule has 4 aliphatic rings. The molecule has 3 heteroatoms. The van der Waals surface area contributed by atoms with Crippen LogP contribution in [-0.2, 0) is 17.6 Å². The largest absolute Gasteiger partial charge is 0.381 e. The lowest BCUT2D eigenvalue weighted by atomic mass is 9.74. The van der Waals surface area contributed by atoms with Gasteiger partial charge in [-0.1, -0.05) is 167 Å². The highest BCUT2D eigenvalue weighted by molar-refractivity contribution is 5.29. The van der Waals surface area contributed by atoms with Crippen LogP contribution in [0.4, 0.5) is 8.78 Å². The molecular weight excluding hydrogens is 703 g/mol. The summed E-state index contributed by atoms with van der Waals surface area (Å²) in [6.07, 6.45) is 39.9. The van der Waals surface area contributed by atoms with Crippen LogP contribution >= 0.6 is 0 Å². The van der Waals surface area contributed by atoms with Crippen molar-refractivity contribution in [1.29, 1.82) is 0 Å². The minimum atomic E-state index is -0.0883. The second-order valence-corrected chi connectivity index (χ2v) is 20.2. The van der Waals surface area contributed by atoms with Gasteiger partial charge in [-0.15, -0.1) is 0 Å². The Hall–Kier alpha value is -1.74. The highest BCUT2D eigenvalue weighted by atomic mass is 19.1. The van der Waals surface area contributed by atoms with Gasteiger partial charge in [0.25, 0.3) is 0 Å². The van der Waals surface area contributed by atoms with Gasteiger partial charge in [-0.25, -0.2) is 8.78 Å². The zero-order valence-corrected chi connectivity index (χ0v) is 36.9. The van der Waals surface area contributed by atoms with Gasteiger partial charge in [0, 0.05) is 0 Å². The van der Waals surface area contributed by atoms with Gasteiger partial charge in [0.2, 0.25) is 0 Å². The van der Waals surface area contributed by atoms with Crippen LogP contribution in [0.5, 0.6) is 0 Å². The molecule has 57 heavy (non-hydrogen) atoms. The molecule has 6 rings (SSSR count). The Morgan fingerprint density at radius 2 is 0.737 bits per heavy atom. The molecule has 4 aliphatic carbocycles. The van der Waals surface area contributed by atoms with Crippen molar-refractivity contribution in [1.82, 2.24) is 0 Å². The van der Waals surface area contributed by atoms with Gasteiger partial charge in [-0.05, 0) is 146 Å². The van der Waals surface area contributed by atoms with Crippen molar-refractivity contribution in [2.24, 2.45) is 35.5 Å². The summed E-state index contributed by atoms with van der Waals surface area (Å²) in [5.41, 5.74) is 3.84. The molecule has 0 atom stereocenters. The first-order chi connectivity index (χ1) is 28.0. The Kier molecular flexibility index (Phi) is 19.3. The van der Waals surface area contributed by atoms with Gasteiger partial charge < -0.3 is 4.74 Å². The average molecular weight is 787 g/mol. The number of unbranched alkanes of at least 4 members (excludes halogenated alkanes) is 4. The molecule has 0 saturated heterocycles. The van der Waals surface area contributed by atoms with E-state index in [1.165, 1.54) is 191 Å². The van der Waals surface area contributed by atoms with Crippen molar-refractivity contribution >= 4 is 0 Å². The Morgan fingerprint density at radius 1 is 0.421 bits per heavy atom. The third-order valence-corrected chi connectivity index (χ3v) is 16.2. The second-order valence-electron chi connectivity index (χ2n) is 20.2. The number of hydrogen-bond acceptors (Lipinski definition) is 1. The lowest BCUT2D eigenvalue weighted by Gasteiger charge is -2.32. The molecule has 0 heterocycles. The maximum Gasteiger partial charge on any atom is 0.126 e. The number of ether oxygens (including phenoxy) is 1. The Balaban J connectivity index is 0.811. The molecule has 1 nitrogen and oxygen atoms in total. The van der Waals surface area contributed by atoms with Gasteiger partial charge in [0.05, 0.1) is 13.2 Å². The molecule has 0 radical (unpaired) electrons. The second kappa shape index (κ2) is 24.5. The quantitative estimate of drug-likeness (QED) is 0.108. The van der Waals surface area contributed by atoms with Crippen LogP contribution in [0.15, 0.2) is 36.4 Å². The Labute approximate surface area is 349 Å². The number of hydrogen-bond donors (Lipinski definition) is 0. The highest BCUT2D eigenvalue weighted by Crippen LogP contribution is 2.42. The molecule has 0 aromatic heterocycles. The minimum Gasteiger partial charge on any atom is -0.381 e. The predicted octanol–water partition coefficient (Wildman–Crippen LogP) is 16.6. The predicted molar refractivity (Wildman–Crippen MR) is 238 cm³/mol. The van der Waals surface area contributed by atoms with E-state index in [9.17, 15) is 0 Å². The third-order valence-electron chi connectivity index (χ3n) is 16.2. The van der Waals surface area contributed by atoms with E-state index in [1.54, 1.807) is 0 Å². The number of benzene rings is 2. The monoisotopic (exact) mass is 787 g/mol. The Morgan fingerprint density at radius 3 is 1.05 bits per heavy atom. The molecule has 0 amide bonds. The summed E-state index contributed by atoms with van der Waals surface area (Å²) >= 11 is 0. The van der Waals surface area contributed by atoms with E-state index in [1.807, 2.05) is 24.3 Å². The zero-order valence-electron chi connectivity index (χ0n) is 36.9. The van der Waals surface area contributed by atoms with Crippen LogP contribution in [0.1, 0.15) is 228 Å². The SMILES string of the molecule is CCCCCC1CCC(CCC2CCC(c3ccc(CCOCCc4ccc(C5CCC(CCC6CCC(CCCCC)CC6)CC5)cc4F)c(F)c3)CC2)CC1. The van der Waals surface area contributed by atoms with Crippen molar-refractivity contribution < 1.29 is 13.5 Å². The smallest absolute Gasteiger partial charge is 0.126 e. The van der Waals surface area contributed by atoms with Crippen LogP contribution in [0.2, 0.25) is 0 Å². The molecular formula is C54H84F2O. The topological polar surface area (TPSA) is 9.23 Å². The summed E-state index contributed by atoms with van der Waals surface area (Å²) in [6.45, 7) is 5.55. The summed E-state index contributed by atoms with van der Waals surface area (Å²) < 4.78 is 36.4. The fourth-order valence-electron chi connectivity index (χ4n) is 12.0. The van der Waals surface area contributed by atoms with Crippen LogP contribution < -0.4 is 0 Å². The number of halogens is 2. The molecule has 320 valence electrons. The first-order valence-electron chi connectivity index (χ1n) is 25.1. The van der Waals surface area contributed by atoms with Gasteiger partial charge in [-0.2, -0.15) is 0 Å². The van der Waals surface area contributed by atoms with Crippen LogP contribution in [0, 0.1) is 47.1 Å².